The second-order valence-electron chi connectivity index (χ2n) is 6.53. The molecule has 1 amide bonds. The molecule has 0 N–H and O–H groups in total. The van der Waals surface area contributed by atoms with Gasteiger partial charge in [0.2, 0.25) is 5.95 Å². The van der Waals surface area contributed by atoms with E-state index in [4.69, 9.17) is 4.42 Å². The van der Waals surface area contributed by atoms with E-state index >= 15 is 0 Å². The van der Waals surface area contributed by atoms with Gasteiger partial charge in [0.1, 0.15) is 0 Å². The minimum atomic E-state index is -0.0000374. The van der Waals surface area contributed by atoms with E-state index in [1.807, 2.05) is 11.0 Å². The summed E-state index contributed by atoms with van der Waals surface area (Å²) < 4.78 is 5.25. The highest BCUT2D eigenvalue weighted by molar-refractivity contribution is 5.91. The van der Waals surface area contributed by atoms with Gasteiger partial charge in [-0.2, -0.15) is 0 Å². The number of aromatic nitrogens is 2. The monoisotopic (exact) mass is 312 g/mol. The number of likely N-dealkylation sites (tertiary alicyclic amines) is 1. The number of anilines is 1. The number of rotatable bonds is 2. The van der Waals surface area contributed by atoms with Crippen molar-refractivity contribution in [3.05, 3.63) is 42.6 Å². The maximum absolute atomic E-state index is 12.5. The summed E-state index contributed by atoms with van der Waals surface area (Å²) in [5, 5.41) is 0. The van der Waals surface area contributed by atoms with Crippen molar-refractivity contribution in [2.24, 2.45) is 5.41 Å². The quantitative estimate of drug-likeness (QED) is 0.851. The Labute approximate surface area is 135 Å². The van der Waals surface area contributed by atoms with Gasteiger partial charge in [-0.1, -0.05) is 0 Å². The third-order valence-electron chi connectivity index (χ3n) is 4.95. The van der Waals surface area contributed by atoms with Gasteiger partial charge in [-0.05, 0) is 37.5 Å². The standard InChI is InChI=1S/C17H20N4O2/c22-15(14-4-1-11-23-14)20-10-6-17(12-20)5-2-9-21(13-17)16-18-7-3-8-19-16/h1,3-4,7-8,11H,2,5-6,9-10,12-13H2/t17-/m1/s1. The first-order chi connectivity index (χ1) is 11.3. The first-order valence-electron chi connectivity index (χ1n) is 8.11. The molecule has 4 rings (SSSR count). The molecule has 2 aliphatic rings. The second-order valence-corrected chi connectivity index (χ2v) is 6.53. The number of carbonyl (C=O) groups is 1. The highest BCUT2D eigenvalue weighted by Gasteiger charge is 2.43. The molecule has 2 aromatic heterocycles. The van der Waals surface area contributed by atoms with Crippen LogP contribution in [0.15, 0.2) is 41.3 Å². The summed E-state index contributed by atoms with van der Waals surface area (Å²) in [4.78, 5) is 25.4. The van der Waals surface area contributed by atoms with Crippen molar-refractivity contribution in [1.29, 1.82) is 0 Å². The van der Waals surface area contributed by atoms with Crippen LogP contribution in [0.25, 0.3) is 0 Å². The molecule has 6 heteroatoms. The van der Waals surface area contributed by atoms with E-state index in [0.717, 1.165) is 51.4 Å². The minimum Gasteiger partial charge on any atom is -0.459 e. The molecular formula is C17H20N4O2. The number of piperidine rings is 1. The van der Waals surface area contributed by atoms with Crippen molar-refractivity contribution >= 4 is 11.9 Å². The predicted octanol–water partition coefficient (Wildman–Crippen LogP) is 2.20. The molecule has 6 nitrogen and oxygen atoms in total. The Hall–Kier alpha value is -2.37. The molecule has 0 aromatic carbocycles. The third kappa shape index (κ3) is 2.69. The van der Waals surface area contributed by atoms with Gasteiger partial charge in [0.25, 0.3) is 5.91 Å². The topological polar surface area (TPSA) is 62.5 Å². The molecule has 0 bridgehead atoms. The maximum atomic E-state index is 12.5. The van der Waals surface area contributed by atoms with Gasteiger partial charge < -0.3 is 14.2 Å². The minimum absolute atomic E-state index is 0.0000374. The van der Waals surface area contributed by atoms with Crippen LogP contribution in [0.2, 0.25) is 0 Å². The third-order valence-corrected chi connectivity index (χ3v) is 4.95. The van der Waals surface area contributed by atoms with Gasteiger partial charge in [0, 0.05) is 44.0 Å². The zero-order chi connectivity index (χ0) is 15.7. The summed E-state index contributed by atoms with van der Waals surface area (Å²) in [6.07, 6.45) is 8.41. The molecule has 2 fully saturated rings. The van der Waals surface area contributed by atoms with Crippen LogP contribution in [-0.2, 0) is 0 Å². The Kier molecular flexibility index (Phi) is 3.52. The van der Waals surface area contributed by atoms with E-state index in [1.54, 1.807) is 30.8 Å². The van der Waals surface area contributed by atoms with Crippen LogP contribution in [0.1, 0.15) is 29.8 Å². The second kappa shape index (κ2) is 5.68. The van der Waals surface area contributed by atoms with Crippen molar-refractivity contribution in [3.63, 3.8) is 0 Å². The number of carbonyl (C=O) groups excluding carboxylic acids is 1. The Morgan fingerprint density at radius 3 is 2.78 bits per heavy atom. The van der Waals surface area contributed by atoms with E-state index in [-0.39, 0.29) is 11.3 Å². The van der Waals surface area contributed by atoms with Crippen LogP contribution >= 0.6 is 0 Å². The average Bonchev–Trinajstić information content (AvgIpc) is 3.26. The van der Waals surface area contributed by atoms with Crippen LogP contribution in [0.5, 0.6) is 0 Å². The van der Waals surface area contributed by atoms with Crippen LogP contribution < -0.4 is 4.90 Å². The molecule has 23 heavy (non-hydrogen) atoms. The fourth-order valence-electron chi connectivity index (χ4n) is 3.83. The summed E-state index contributed by atoms with van der Waals surface area (Å²) in [6.45, 7) is 3.48. The zero-order valence-corrected chi connectivity index (χ0v) is 13.0. The van der Waals surface area contributed by atoms with Gasteiger partial charge in [-0.15, -0.1) is 0 Å². The van der Waals surface area contributed by atoms with E-state index in [2.05, 4.69) is 14.9 Å². The molecule has 1 spiro atoms. The van der Waals surface area contributed by atoms with E-state index in [9.17, 15) is 4.79 Å². The summed E-state index contributed by atoms with van der Waals surface area (Å²) in [5.74, 6) is 1.23. The van der Waals surface area contributed by atoms with Crippen molar-refractivity contribution in [2.75, 3.05) is 31.1 Å². The Morgan fingerprint density at radius 1 is 1.13 bits per heavy atom. The lowest BCUT2D eigenvalue weighted by Crippen LogP contribution is -2.46. The molecule has 4 heterocycles. The molecule has 0 aliphatic carbocycles. The number of amides is 1. The van der Waals surface area contributed by atoms with Crippen molar-refractivity contribution < 1.29 is 9.21 Å². The number of nitrogens with zero attached hydrogens (tertiary/aromatic N) is 4. The van der Waals surface area contributed by atoms with Gasteiger partial charge in [0.15, 0.2) is 5.76 Å². The zero-order valence-electron chi connectivity index (χ0n) is 13.0. The maximum Gasteiger partial charge on any atom is 0.289 e. The lowest BCUT2D eigenvalue weighted by Gasteiger charge is -2.40. The molecule has 0 unspecified atom stereocenters. The average molecular weight is 312 g/mol. The van der Waals surface area contributed by atoms with Crippen molar-refractivity contribution in [2.45, 2.75) is 19.3 Å². The summed E-state index contributed by atoms with van der Waals surface area (Å²) in [5.41, 5.74) is 0.152. The lowest BCUT2D eigenvalue weighted by molar-refractivity contribution is 0.0736. The number of furan rings is 1. The predicted molar refractivity (Wildman–Crippen MR) is 85.1 cm³/mol. The molecule has 120 valence electrons. The Morgan fingerprint density at radius 2 is 2.00 bits per heavy atom. The summed E-state index contributed by atoms with van der Waals surface area (Å²) in [6, 6.07) is 5.33. The molecule has 0 saturated carbocycles. The lowest BCUT2D eigenvalue weighted by atomic mass is 9.79. The van der Waals surface area contributed by atoms with E-state index in [0.29, 0.717) is 5.76 Å². The fraction of sp³-hybridized carbons (Fsp3) is 0.471. The normalized spacial score (nSPS) is 24.3. The summed E-state index contributed by atoms with van der Waals surface area (Å²) in [7, 11) is 0. The largest absolute Gasteiger partial charge is 0.459 e. The van der Waals surface area contributed by atoms with Gasteiger partial charge >= 0.3 is 0 Å². The first kappa shape index (κ1) is 14.2. The van der Waals surface area contributed by atoms with Gasteiger partial charge in [-0.3, -0.25) is 4.79 Å². The number of hydrogen-bond donors (Lipinski definition) is 0. The highest BCUT2D eigenvalue weighted by Crippen LogP contribution is 2.40. The van der Waals surface area contributed by atoms with Crippen LogP contribution in [0.3, 0.4) is 0 Å². The Balaban J connectivity index is 1.48. The van der Waals surface area contributed by atoms with Gasteiger partial charge in [-0.25, -0.2) is 9.97 Å². The smallest absolute Gasteiger partial charge is 0.289 e. The molecular weight excluding hydrogens is 292 g/mol. The first-order valence-corrected chi connectivity index (χ1v) is 8.11. The van der Waals surface area contributed by atoms with Gasteiger partial charge in [0.05, 0.1) is 6.26 Å². The van der Waals surface area contributed by atoms with E-state index < -0.39 is 0 Å². The SMILES string of the molecule is O=C(c1ccco1)N1CC[C@]2(CCCN(c3ncccn3)C2)C1. The van der Waals surface area contributed by atoms with E-state index in [1.165, 1.54) is 0 Å². The highest BCUT2D eigenvalue weighted by atomic mass is 16.3. The molecule has 1 atom stereocenters. The molecule has 2 aromatic rings. The van der Waals surface area contributed by atoms with Crippen LogP contribution in [0.4, 0.5) is 5.95 Å². The molecule has 0 radical (unpaired) electrons. The fourth-order valence-corrected chi connectivity index (χ4v) is 3.83. The molecule has 2 aliphatic heterocycles. The van der Waals surface area contributed by atoms with Crippen LogP contribution in [-0.4, -0.2) is 47.0 Å². The van der Waals surface area contributed by atoms with Crippen molar-refractivity contribution in [3.8, 4) is 0 Å². The number of hydrogen-bond acceptors (Lipinski definition) is 5. The Bertz CT molecular complexity index is 673. The summed E-state index contributed by atoms with van der Waals surface area (Å²) >= 11 is 0. The van der Waals surface area contributed by atoms with Crippen LogP contribution in [0, 0.1) is 5.41 Å². The molecule has 2 saturated heterocycles. The van der Waals surface area contributed by atoms with Crippen molar-refractivity contribution in [1.82, 2.24) is 14.9 Å².